The molecule has 0 radical (unpaired) electrons. The first-order valence-corrected chi connectivity index (χ1v) is 8.13. The van der Waals surface area contributed by atoms with Gasteiger partial charge in [0.05, 0.1) is 12.4 Å². The summed E-state index contributed by atoms with van der Waals surface area (Å²) >= 11 is 6.54. The normalized spacial score (nSPS) is 38.7. The second-order valence-electron chi connectivity index (χ2n) is 7.28. The summed E-state index contributed by atoms with van der Waals surface area (Å²) in [4.78, 5) is 23.2. The third kappa shape index (κ3) is 1.92. The van der Waals surface area contributed by atoms with Gasteiger partial charge in [-0.25, -0.2) is 0 Å². The van der Waals surface area contributed by atoms with Gasteiger partial charge >= 0.3 is 0 Å². The summed E-state index contributed by atoms with van der Waals surface area (Å²) < 4.78 is 0.0677. The van der Waals surface area contributed by atoms with Crippen LogP contribution in [0.5, 0.6) is 0 Å². The number of allylic oxidation sites excluding steroid dienone is 1. The highest BCUT2D eigenvalue weighted by molar-refractivity contribution is 6.14. The molecule has 2 fully saturated rings. The number of aliphatic imine (C=N–C) groups is 2. The number of fused-ring (bicyclic) bond motifs is 2. The molecule has 1 amide bonds. The molecule has 4 aliphatic rings. The van der Waals surface area contributed by atoms with Gasteiger partial charge in [-0.05, 0) is 18.3 Å². The zero-order valence-corrected chi connectivity index (χ0v) is 13.6. The summed E-state index contributed by atoms with van der Waals surface area (Å²) in [6, 6.07) is 0.363. The van der Waals surface area contributed by atoms with Crippen LogP contribution in [0.25, 0.3) is 0 Å². The number of carbonyl (C=O) groups is 1. The third-order valence-corrected chi connectivity index (χ3v) is 5.74. The molecular weight excluding hydrogens is 300 g/mol. The fourth-order valence-electron chi connectivity index (χ4n) is 4.18. The number of amides is 1. The fourth-order valence-corrected chi connectivity index (χ4v) is 4.40. The molecule has 5 nitrogen and oxygen atoms in total. The minimum atomic E-state index is 0.0677. The number of halogens is 1. The van der Waals surface area contributed by atoms with Crippen molar-refractivity contribution < 1.29 is 8.80 Å². The standard InChI is InChI=1S/C16H20ClN4O/c1-16(2)7-14(22)20-9-11(3-4-13(16)20)15-12-8-18-5-6-21(12,17)10-19-15/h5-6,8,10-11,13H,3-4,7,9H2,1-2H3/q+1. The monoisotopic (exact) mass is 319 g/mol. The van der Waals surface area contributed by atoms with Crippen molar-refractivity contribution >= 4 is 30.2 Å². The van der Waals surface area contributed by atoms with E-state index in [-0.39, 0.29) is 21.2 Å². The zero-order chi connectivity index (χ0) is 15.5. The van der Waals surface area contributed by atoms with E-state index in [1.807, 2.05) is 6.20 Å². The summed E-state index contributed by atoms with van der Waals surface area (Å²) in [5.41, 5.74) is 1.98. The SMILES string of the molecule is CC1(C)CC(=O)N2CC(C3=C4C=NC=C[N+]4(Cl)C=N3)CCC21. The van der Waals surface area contributed by atoms with Crippen LogP contribution in [0.15, 0.2) is 33.8 Å². The van der Waals surface area contributed by atoms with Crippen LogP contribution < -0.4 is 0 Å². The largest absolute Gasteiger partial charge is 0.338 e. The number of hydrogen-bond acceptors (Lipinski definition) is 3. The Hall–Kier alpha value is -1.46. The van der Waals surface area contributed by atoms with E-state index in [2.05, 4.69) is 28.7 Å². The Labute approximate surface area is 135 Å². The van der Waals surface area contributed by atoms with Crippen molar-refractivity contribution in [2.24, 2.45) is 21.3 Å². The predicted octanol–water partition coefficient (Wildman–Crippen LogP) is 2.80. The van der Waals surface area contributed by atoms with Gasteiger partial charge < -0.3 is 4.90 Å². The van der Waals surface area contributed by atoms with Crippen LogP contribution in [-0.2, 0) is 4.79 Å². The van der Waals surface area contributed by atoms with Gasteiger partial charge in [0.2, 0.25) is 17.9 Å². The molecule has 4 aliphatic heterocycles. The van der Waals surface area contributed by atoms with E-state index in [0.29, 0.717) is 12.5 Å². The molecule has 0 saturated carbocycles. The van der Waals surface area contributed by atoms with Crippen molar-refractivity contribution in [3.8, 4) is 0 Å². The van der Waals surface area contributed by atoms with Gasteiger partial charge in [-0.3, -0.25) is 9.79 Å². The second-order valence-corrected chi connectivity index (χ2v) is 7.84. The van der Waals surface area contributed by atoms with E-state index >= 15 is 0 Å². The maximum atomic E-state index is 12.3. The Morgan fingerprint density at radius 3 is 3.05 bits per heavy atom. The molecule has 0 aromatic carbocycles. The van der Waals surface area contributed by atoms with E-state index in [1.165, 1.54) is 0 Å². The Morgan fingerprint density at radius 1 is 1.41 bits per heavy atom. The topological polar surface area (TPSA) is 45.0 Å². The molecule has 0 spiro atoms. The third-order valence-electron chi connectivity index (χ3n) is 5.36. The Kier molecular flexibility index (Phi) is 2.91. The van der Waals surface area contributed by atoms with Crippen molar-refractivity contribution in [2.75, 3.05) is 6.54 Å². The van der Waals surface area contributed by atoms with Gasteiger partial charge in [0.25, 0.3) is 0 Å². The molecule has 0 bridgehead atoms. The molecule has 0 aromatic heterocycles. The summed E-state index contributed by atoms with van der Waals surface area (Å²) in [6.45, 7) is 5.15. The maximum absolute atomic E-state index is 12.3. The van der Waals surface area contributed by atoms with Crippen LogP contribution in [0.3, 0.4) is 0 Å². The summed E-state index contributed by atoms with van der Waals surface area (Å²) in [6.07, 6.45) is 9.75. The highest BCUT2D eigenvalue weighted by Crippen LogP contribution is 2.45. The van der Waals surface area contributed by atoms with E-state index in [4.69, 9.17) is 11.8 Å². The lowest BCUT2D eigenvalue weighted by Crippen LogP contribution is -2.45. The molecule has 0 N–H and O–H groups in total. The van der Waals surface area contributed by atoms with E-state index in [9.17, 15) is 4.79 Å². The number of carbonyl (C=O) groups excluding carboxylic acids is 1. The molecule has 2 saturated heterocycles. The van der Waals surface area contributed by atoms with Crippen LogP contribution in [0.4, 0.5) is 0 Å². The van der Waals surface area contributed by atoms with Crippen molar-refractivity contribution in [2.45, 2.75) is 39.2 Å². The lowest BCUT2D eigenvalue weighted by molar-refractivity contribution is -0.592. The average molecular weight is 320 g/mol. The summed E-state index contributed by atoms with van der Waals surface area (Å²) in [7, 11) is 0. The maximum Gasteiger partial charge on any atom is 0.223 e. The smallest absolute Gasteiger partial charge is 0.223 e. The van der Waals surface area contributed by atoms with Crippen molar-refractivity contribution in [3.63, 3.8) is 0 Å². The number of piperidine rings is 1. The first-order valence-electron chi connectivity index (χ1n) is 7.79. The van der Waals surface area contributed by atoms with Crippen LogP contribution in [0.2, 0.25) is 0 Å². The molecule has 4 rings (SSSR count). The van der Waals surface area contributed by atoms with Crippen LogP contribution in [0, 0.1) is 11.3 Å². The van der Waals surface area contributed by atoms with Gasteiger partial charge in [0, 0.05) is 24.9 Å². The van der Waals surface area contributed by atoms with Crippen molar-refractivity contribution in [1.82, 2.24) is 4.90 Å². The van der Waals surface area contributed by atoms with Crippen molar-refractivity contribution in [3.05, 3.63) is 23.8 Å². The van der Waals surface area contributed by atoms with E-state index in [1.54, 1.807) is 18.8 Å². The molecule has 0 aliphatic carbocycles. The highest BCUT2D eigenvalue weighted by atomic mass is 35.5. The van der Waals surface area contributed by atoms with Crippen LogP contribution in [-0.4, -0.2) is 39.9 Å². The van der Waals surface area contributed by atoms with E-state index < -0.39 is 0 Å². The van der Waals surface area contributed by atoms with E-state index in [0.717, 1.165) is 30.8 Å². The second kappa shape index (κ2) is 4.52. The van der Waals surface area contributed by atoms with Gasteiger partial charge in [-0.15, -0.1) is 4.00 Å². The lowest BCUT2D eigenvalue weighted by atomic mass is 9.78. The highest BCUT2D eigenvalue weighted by Gasteiger charge is 2.50. The molecule has 4 heterocycles. The quantitative estimate of drug-likeness (QED) is 0.685. The van der Waals surface area contributed by atoms with Gasteiger partial charge in [0.1, 0.15) is 11.9 Å². The molecule has 116 valence electrons. The fraction of sp³-hybridized carbons (Fsp3) is 0.562. The summed E-state index contributed by atoms with van der Waals surface area (Å²) in [5, 5.41) is 0. The lowest BCUT2D eigenvalue weighted by Gasteiger charge is -2.39. The number of rotatable bonds is 1. The molecular formula is C16H20ClN4O+. The number of nitrogens with zero attached hydrogens (tertiary/aromatic N) is 4. The van der Waals surface area contributed by atoms with Crippen molar-refractivity contribution in [1.29, 1.82) is 0 Å². The van der Waals surface area contributed by atoms with Crippen LogP contribution >= 0.6 is 11.8 Å². The zero-order valence-electron chi connectivity index (χ0n) is 12.9. The van der Waals surface area contributed by atoms with Gasteiger partial charge in [-0.1, -0.05) is 13.8 Å². The molecule has 6 heteroatoms. The van der Waals surface area contributed by atoms with Crippen LogP contribution in [0.1, 0.15) is 33.1 Å². The average Bonchev–Trinajstić information content (AvgIpc) is 2.93. The first-order chi connectivity index (χ1) is 10.4. The molecule has 3 atom stereocenters. The Balaban J connectivity index is 1.63. The Bertz CT molecular complexity index is 663. The molecule has 22 heavy (non-hydrogen) atoms. The summed E-state index contributed by atoms with van der Waals surface area (Å²) in [5.74, 6) is 0.521. The Morgan fingerprint density at radius 2 is 2.23 bits per heavy atom. The van der Waals surface area contributed by atoms with Gasteiger partial charge in [0.15, 0.2) is 11.8 Å². The van der Waals surface area contributed by atoms with Gasteiger partial charge in [-0.2, -0.15) is 4.99 Å². The molecule has 3 unspecified atom stereocenters. The minimum Gasteiger partial charge on any atom is -0.338 e. The number of hydrogen-bond donors (Lipinski definition) is 0. The predicted molar refractivity (Wildman–Crippen MR) is 85.9 cm³/mol. The molecule has 0 aromatic rings. The number of quaternary nitrogens is 1. The minimum absolute atomic E-state index is 0.0677. The first kappa shape index (κ1) is 14.2.